The van der Waals surface area contributed by atoms with Crippen molar-refractivity contribution in [1.82, 2.24) is 10.3 Å². The molecular weight excluding hydrogens is 252 g/mol. The van der Waals surface area contributed by atoms with Gasteiger partial charge in [-0.2, -0.15) is 0 Å². The number of thiophene rings is 1. The van der Waals surface area contributed by atoms with Gasteiger partial charge in [0.05, 0.1) is 4.88 Å². The lowest BCUT2D eigenvalue weighted by Gasteiger charge is -2.10. The first-order chi connectivity index (χ1) is 8.68. The number of nitrogens with zero attached hydrogens (tertiary/aromatic N) is 1. The number of aromatic nitrogens is 1. The van der Waals surface area contributed by atoms with Crippen LogP contribution in [0.3, 0.4) is 0 Å². The van der Waals surface area contributed by atoms with Gasteiger partial charge in [0.25, 0.3) is 5.91 Å². The zero-order valence-corrected chi connectivity index (χ0v) is 10.1. The van der Waals surface area contributed by atoms with Gasteiger partial charge in [-0.3, -0.25) is 14.6 Å². The van der Waals surface area contributed by atoms with E-state index in [1.807, 2.05) is 0 Å². The summed E-state index contributed by atoms with van der Waals surface area (Å²) in [6.07, 6.45) is 1.38. The van der Waals surface area contributed by atoms with E-state index < -0.39 is 17.9 Å². The van der Waals surface area contributed by atoms with Crippen molar-refractivity contribution in [2.45, 2.75) is 6.23 Å². The molecule has 0 saturated heterocycles. The molecule has 0 spiro atoms. The SMILES string of the molecule is O=C(N[C@@H](O)C(=O)c1cccs1)c1ccncc1. The maximum Gasteiger partial charge on any atom is 0.253 e. The third-order valence-electron chi connectivity index (χ3n) is 2.22. The molecule has 6 heteroatoms. The quantitative estimate of drug-likeness (QED) is 0.638. The summed E-state index contributed by atoms with van der Waals surface area (Å²) in [7, 11) is 0. The topological polar surface area (TPSA) is 79.3 Å². The summed E-state index contributed by atoms with van der Waals surface area (Å²) < 4.78 is 0. The maximum atomic E-state index is 11.7. The molecule has 1 atom stereocenters. The molecular formula is C12H10N2O3S. The second-order valence-electron chi connectivity index (χ2n) is 3.45. The number of Topliss-reactive ketones (excluding diaryl/α,β-unsaturated/α-hetero) is 1. The Balaban J connectivity index is 2.02. The van der Waals surface area contributed by atoms with Crippen LogP contribution >= 0.6 is 11.3 Å². The second-order valence-corrected chi connectivity index (χ2v) is 4.40. The molecule has 1 amide bonds. The molecule has 2 N–H and O–H groups in total. The van der Waals surface area contributed by atoms with Crippen molar-refractivity contribution in [2.75, 3.05) is 0 Å². The normalized spacial score (nSPS) is 11.8. The summed E-state index contributed by atoms with van der Waals surface area (Å²) in [6, 6.07) is 6.29. The molecule has 0 unspecified atom stereocenters. The molecule has 2 aromatic heterocycles. The van der Waals surface area contributed by atoms with Gasteiger partial charge in [0.15, 0.2) is 6.23 Å². The predicted octanol–water partition coefficient (Wildman–Crippen LogP) is 1.07. The van der Waals surface area contributed by atoms with Crippen molar-refractivity contribution < 1.29 is 14.7 Å². The number of aliphatic hydroxyl groups is 1. The van der Waals surface area contributed by atoms with Gasteiger partial charge >= 0.3 is 0 Å². The fourth-order valence-corrected chi connectivity index (χ4v) is 2.02. The molecule has 92 valence electrons. The molecule has 0 aliphatic carbocycles. The smallest absolute Gasteiger partial charge is 0.253 e. The van der Waals surface area contributed by atoms with E-state index in [-0.39, 0.29) is 0 Å². The van der Waals surface area contributed by atoms with E-state index >= 15 is 0 Å². The van der Waals surface area contributed by atoms with Crippen LogP contribution in [0.15, 0.2) is 42.0 Å². The molecule has 0 aliphatic heterocycles. The fraction of sp³-hybridized carbons (Fsp3) is 0.0833. The molecule has 0 bridgehead atoms. The second kappa shape index (κ2) is 5.52. The molecule has 2 aromatic rings. The highest BCUT2D eigenvalue weighted by Crippen LogP contribution is 2.10. The lowest BCUT2D eigenvalue weighted by atomic mass is 10.2. The first-order valence-electron chi connectivity index (χ1n) is 5.15. The molecule has 0 saturated carbocycles. The monoisotopic (exact) mass is 262 g/mol. The van der Waals surface area contributed by atoms with E-state index in [0.717, 1.165) is 0 Å². The van der Waals surface area contributed by atoms with Crippen molar-refractivity contribution in [1.29, 1.82) is 0 Å². The van der Waals surface area contributed by atoms with Crippen molar-refractivity contribution in [3.8, 4) is 0 Å². The lowest BCUT2D eigenvalue weighted by molar-refractivity contribution is 0.0610. The van der Waals surface area contributed by atoms with Gasteiger partial charge in [0.1, 0.15) is 0 Å². The van der Waals surface area contributed by atoms with Crippen LogP contribution in [0.2, 0.25) is 0 Å². The standard InChI is InChI=1S/C12H10N2O3S/c15-10(9-2-1-7-18-9)12(17)14-11(16)8-3-5-13-6-4-8/h1-7,12,17H,(H,14,16)/t12-/m0/s1. The van der Waals surface area contributed by atoms with Crippen LogP contribution < -0.4 is 5.32 Å². The number of rotatable bonds is 4. The minimum absolute atomic E-state index is 0.336. The Morgan fingerprint density at radius 3 is 2.61 bits per heavy atom. The number of carbonyl (C=O) groups is 2. The van der Waals surface area contributed by atoms with Crippen molar-refractivity contribution in [3.05, 3.63) is 52.5 Å². The summed E-state index contributed by atoms with van der Waals surface area (Å²) in [6.45, 7) is 0. The number of nitrogens with one attached hydrogen (secondary N) is 1. The highest BCUT2D eigenvalue weighted by molar-refractivity contribution is 7.12. The Kier molecular flexibility index (Phi) is 3.81. The van der Waals surface area contributed by atoms with Crippen LogP contribution in [-0.4, -0.2) is 28.0 Å². The molecule has 18 heavy (non-hydrogen) atoms. The number of ketones is 1. The Morgan fingerprint density at radius 2 is 2.00 bits per heavy atom. The average Bonchev–Trinajstić information content (AvgIpc) is 2.92. The first-order valence-corrected chi connectivity index (χ1v) is 6.03. The van der Waals surface area contributed by atoms with E-state index in [4.69, 9.17) is 0 Å². The van der Waals surface area contributed by atoms with Gasteiger partial charge in [-0.1, -0.05) is 6.07 Å². The molecule has 0 fully saturated rings. The maximum absolute atomic E-state index is 11.7. The zero-order valence-electron chi connectivity index (χ0n) is 9.24. The lowest BCUT2D eigenvalue weighted by Crippen LogP contribution is -2.40. The van der Waals surface area contributed by atoms with Gasteiger partial charge < -0.3 is 10.4 Å². The molecule has 2 heterocycles. The van der Waals surface area contributed by atoms with Gasteiger partial charge in [0.2, 0.25) is 5.78 Å². The summed E-state index contributed by atoms with van der Waals surface area (Å²) >= 11 is 1.21. The van der Waals surface area contributed by atoms with Crippen LogP contribution in [0.4, 0.5) is 0 Å². The Labute approximate surface area is 107 Å². The third kappa shape index (κ3) is 2.79. The van der Waals surface area contributed by atoms with Crippen LogP contribution in [0, 0.1) is 0 Å². The van der Waals surface area contributed by atoms with Crippen LogP contribution in [0.1, 0.15) is 20.0 Å². The van der Waals surface area contributed by atoms with Gasteiger partial charge in [0, 0.05) is 18.0 Å². The van der Waals surface area contributed by atoms with E-state index in [0.29, 0.717) is 10.4 Å². The predicted molar refractivity (Wildman–Crippen MR) is 66.4 cm³/mol. The molecule has 0 aromatic carbocycles. The summed E-state index contributed by atoms with van der Waals surface area (Å²) in [5, 5.41) is 13.6. The number of carbonyl (C=O) groups excluding carboxylic acids is 2. The first kappa shape index (κ1) is 12.4. The van der Waals surface area contributed by atoms with Crippen LogP contribution in [-0.2, 0) is 0 Å². The highest BCUT2D eigenvalue weighted by Gasteiger charge is 2.20. The van der Waals surface area contributed by atoms with Crippen molar-refractivity contribution >= 4 is 23.0 Å². The summed E-state index contributed by atoms with van der Waals surface area (Å²) in [4.78, 5) is 27.6. The number of amides is 1. The number of hydrogen-bond acceptors (Lipinski definition) is 5. The van der Waals surface area contributed by atoms with E-state index in [9.17, 15) is 14.7 Å². The van der Waals surface area contributed by atoms with Gasteiger partial charge in [-0.25, -0.2) is 0 Å². The third-order valence-corrected chi connectivity index (χ3v) is 3.11. The van der Waals surface area contributed by atoms with Crippen molar-refractivity contribution in [3.63, 3.8) is 0 Å². The fourth-order valence-electron chi connectivity index (χ4n) is 1.33. The van der Waals surface area contributed by atoms with Crippen molar-refractivity contribution in [2.24, 2.45) is 0 Å². The number of hydrogen-bond donors (Lipinski definition) is 2. The Morgan fingerprint density at radius 1 is 1.28 bits per heavy atom. The Hall–Kier alpha value is -2.05. The van der Waals surface area contributed by atoms with E-state index in [1.54, 1.807) is 17.5 Å². The number of pyridine rings is 1. The number of aliphatic hydroxyl groups excluding tert-OH is 1. The van der Waals surface area contributed by atoms with Crippen LogP contribution in [0.25, 0.3) is 0 Å². The molecule has 0 radical (unpaired) electrons. The highest BCUT2D eigenvalue weighted by atomic mass is 32.1. The van der Waals surface area contributed by atoms with Gasteiger partial charge in [-0.15, -0.1) is 11.3 Å². The van der Waals surface area contributed by atoms with Gasteiger partial charge in [-0.05, 0) is 23.6 Å². The molecule has 0 aliphatic rings. The average molecular weight is 262 g/mol. The largest absolute Gasteiger partial charge is 0.367 e. The Bertz CT molecular complexity index is 540. The molecule has 2 rings (SSSR count). The van der Waals surface area contributed by atoms with E-state index in [2.05, 4.69) is 10.3 Å². The molecule has 5 nitrogen and oxygen atoms in total. The minimum Gasteiger partial charge on any atom is -0.367 e. The minimum atomic E-state index is -1.54. The summed E-state index contributed by atoms with van der Waals surface area (Å²) in [5.41, 5.74) is 0.336. The van der Waals surface area contributed by atoms with Crippen LogP contribution in [0.5, 0.6) is 0 Å². The van der Waals surface area contributed by atoms with E-state index in [1.165, 1.54) is 35.9 Å². The zero-order chi connectivity index (χ0) is 13.0. The summed E-state index contributed by atoms with van der Waals surface area (Å²) in [5.74, 6) is -1.04.